The predicted octanol–water partition coefficient (Wildman–Crippen LogP) is 9.56. The number of hydrogen-bond acceptors (Lipinski definition) is 10. The maximum absolute atomic E-state index is 11.4. The second-order valence-electron chi connectivity index (χ2n) is 14.7. The van der Waals surface area contributed by atoms with Gasteiger partial charge in [-0.15, -0.1) is 0 Å². The summed E-state index contributed by atoms with van der Waals surface area (Å²) in [4.78, 5) is 27.2. The van der Waals surface area contributed by atoms with E-state index < -0.39 is 5.97 Å². The minimum absolute atomic E-state index is 0.151. The van der Waals surface area contributed by atoms with Gasteiger partial charge in [0, 0.05) is 46.2 Å². The van der Waals surface area contributed by atoms with Crippen LogP contribution in [0.1, 0.15) is 41.5 Å². The standard InChI is InChI=1S/C51H40N4O6/c1-2-47(59)61-30-4-3-29-60-38-19-11-34(12-20-38)51-45-27-25-43(54-45)49(32-7-15-36(57)16-8-32)41-23-21-39(52-41)48(31-5-13-35(56)14-6-31)40-22-24-42(53-40)50(44-26-28-46(51)55-44)33-9-17-37(58)18-10-33/h2,5-25,27-28,55-58H,1,3-4,26,29-30H2. The molecule has 0 atom stereocenters. The number of unbranched alkanes of at least 4 members (excludes halogenated alkanes) is 1. The molecule has 0 amide bonds. The van der Waals surface area contributed by atoms with Crippen LogP contribution in [0, 0.1) is 0 Å². The Labute approximate surface area is 352 Å². The smallest absolute Gasteiger partial charge is 0.330 e. The lowest BCUT2D eigenvalue weighted by Gasteiger charge is -2.17. The van der Waals surface area contributed by atoms with Crippen LogP contribution in [0.4, 0.5) is 0 Å². The number of carbonyl (C=O) groups excluding carboxylic acids is 1. The first-order valence-corrected chi connectivity index (χ1v) is 20.0. The second kappa shape index (κ2) is 16.7. The van der Waals surface area contributed by atoms with Gasteiger partial charge in [0.2, 0.25) is 0 Å². The summed E-state index contributed by atoms with van der Waals surface area (Å²) in [6.07, 6.45) is 17.2. The number of ether oxygens (including phenoxy) is 2. The number of fused-ring (bicyclic) bond motifs is 5. The molecule has 0 spiro atoms. The fourth-order valence-corrected chi connectivity index (χ4v) is 7.72. The van der Waals surface area contributed by atoms with E-state index in [-0.39, 0.29) is 17.2 Å². The number of benzene rings is 4. The van der Waals surface area contributed by atoms with E-state index in [1.807, 2.05) is 97.1 Å². The van der Waals surface area contributed by atoms with Gasteiger partial charge >= 0.3 is 5.97 Å². The number of hydrogen-bond donors (Lipinski definition) is 4. The molecule has 5 aliphatic rings. The molecule has 4 aromatic carbocycles. The molecule has 0 saturated heterocycles. The number of esters is 1. The number of allylic oxidation sites excluding steroid dienone is 11. The third-order valence-electron chi connectivity index (χ3n) is 10.7. The van der Waals surface area contributed by atoms with Crippen molar-refractivity contribution >= 4 is 45.4 Å². The minimum Gasteiger partial charge on any atom is -0.508 e. The van der Waals surface area contributed by atoms with Gasteiger partial charge in [0.1, 0.15) is 23.0 Å². The number of nitrogens with one attached hydrogen (secondary N) is 1. The van der Waals surface area contributed by atoms with Crippen LogP contribution in [0.5, 0.6) is 23.0 Å². The molecule has 0 aromatic heterocycles. The Bertz CT molecular complexity index is 2810. The molecule has 0 unspecified atom stereocenters. The van der Waals surface area contributed by atoms with Crippen molar-refractivity contribution in [2.75, 3.05) is 13.2 Å². The molecule has 300 valence electrons. The molecule has 10 heteroatoms. The predicted molar refractivity (Wildman–Crippen MR) is 240 cm³/mol. The molecule has 8 bridgehead atoms. The molecular formula is C51H40N4O6. The average Bonchev–Trinajstić information content (AvgIpc) is 4.13. The number of nitrogens with zero attached hydrogens (tertiary/aromatic N) is 3. The molecule has 0 saturated carbocycles. The number of rotatable bonds is 11. The van der Waals surface area contributed by atoms with E-state index in [0.717, 1.165) is 73.4 Å². The maximum Gasteiger partial charge on any atom is 0.330 e. The Morgan fingerprint density at radius 2 is 1.00 bits per heavy atom. The van der Waals surface area contributed by atoms with E-state index in [0.29, 0.717) is 61.0 Å². The van der Waals surface area contributed by atoms with Crippen molar-refractivity contribution in [3.8, 4) is 23.0 Å². The molecule has 0 aliphatic carbocycles. The molecule has 61 heavy (non-hydrogen) atoms. The molecule has 4 N–H and O–H groups in total. The van der Waals surface area contributed by atoms with Crippen LogP contribution in [-0.4, -0.2) is 51.6 Å². The number of aliphatic imine (C=N–C) groups is 3. The van der Waals surface area contributed by atoms with Gasteiger partial charge in [0.15, 0.2) is 0 Å². The van der Waals surface area contributed by atoms with Gasteiger partial charge in [-0.2, -0.15) is 0 Å². The first-order chi connectivity index (χ1) is 29.8. The van der Waals surface area contributed by atoms with Gasteiger partial charge in [0.25, 0.3) is 0 Å². The SMILES string of the molecule is C=CC(=O)OCCCCOc1ccc(C2=C3C=CC(=N3)C(c3ccc(O)cc3)=C3C=CC(=N3)C(c3ccc(O)cc3)=C3C=CC(=N3)C(c3ccc(O)cc3)=C3CC=C2N3)cc1. The van der Waals surface area contributed by atoms with Gasteiger partial charge < -0.3 is 30.1 Å². The van der Waals surface area contributed by atoms with Crippen molar-refractivity contribution in [3.63, 3.8) is 0 Å². The molecule has 10 nitrogen and oxygen atoms in total. The quantitative estimate of drug-likeness (QED) is 0.0671. The zero-order valence-electron chi connectivity index (χ0n) is 33.0. The Hall–Kier alpha value is -7.98. The van der Waals surface area contributed by atoms with Crippen LogP contribution < -0.4 is 10.1 Å². The van der Waals surface area contributed by atoms with E-state index in [4.69, 9.17) is 24.5 Å². The summed E-state index contributed by atoms with van der Waals surface area (Å²) in [5.41, 5.74) is 12.9. The van der Waals surface area contributed by atoms with Crippen molar-refractivity contribution in [1.29, 1.82) is 0 Å². The van der Waals surface area contributed by atoms with Gasteiger partial charge in [-0.3, -0.25) is 0 Å². The molecule has 4 aromatic rings. The van der Waals surface area contributed by atoms with Crippen LogP contribution in [0.2, 0.25) is 0 Å². The molecule has 5 aliphatic heterocycles. The van der Waals surface area contributed by atoms with E-state index in [1.165, 1.54) is 0 Å². The highest BCUT2D eigenvalue weighted by atomic mass is 16.5. The van der Waals surface area contributed by atoms with Crippen molar-refractivity contribution < 1.29 is 29.6 Å². The minimum atomic E-state index is -0.433. The van der Waals surface area contributed by atoms with E-state index >= 15 is 0 Å². The first kappa shape index (κ1) is 38.5. The summed E-state index contributed by atoms with van der Waals surface area (Å²) >= 11 is 0. The van der Waals surface area contributed by atoms with Crippen LogP contribution >= 0.6 is 0 Å². The maximum atomic E-state index is 11.4. The van der Waals surface area contributed by atoms with Crippen molar-refractivity contribution in [3.05, 3.63) is 203 Å². The number of phenols is 3. The molecule has 5 heterocycles. The lowest BCUT2D eigenvalue weighted by atomic mass is 9.98. The second-order valence-corrected chi connectivity index (χ2v) is 14.7. The monoisotopic (exact) mass is 804 g/mol. The van der Waals surface area contributed by atoms with Crippen LogP contribution in [0.15, 0.2) is 196 Å². The lowest BCUT2D eigenvalue weighted by Crippen LogP contribution is -2.14. The summed E-state index contributed by atoms with van der Waals surface area (Å²) in [5, 5.41) is 34.5. The Kier molecular flexibility index (Phi) is 10.6. The number of carbonyl (C=O) groups is 1. The summed E-state index contributed by atoms with van der Waals surface area (Å²) in [7, 11) is 0. The van der Waals surface area contributed by atoms with Gasteiger partial charge in [-0.25, -0.2) is 19.8 Å². The van der Waals surface area contributed by atoms with Gasteiger partial charge in [0.05, 0.1) is 47.4 Å². The van der Waals surface area contributed by atoms with Crippen LogP contribution in [0.3, 0.4) is 0 Å². The van der Waals surface area contributed by atoms with E-state index in [2.05, 4.69) is 18.0 Å². The molecule has 9 rings (SSSR count). The molecule has 0 radical (unpaired) electrons. The van der Waals surface area contributed by atoms with Crippen molar-refractivity contribution in [2.45, 2.75) is 19.3 Å². The summed E-state index contributed by atoms with van der Waals surface area (Å²) < 4.78 is 11.1. The zero-order chi connectivity index (χ0) is 41.9. The highest BCUT2D eigenvalue weighted by molar-refractivity contribution is 6.37. The van der Waals surface area contributed by atoms with E-state index in [1.54, 1.807) is 36.4 Å². The fourth-order valence-electron chi connectivity index (χ4n) is 7.72. The van der Waals surface area contributed by atoms with Crippen LogP contribution in [0.25, 0.3) is 22.3 Å². The summed E-state index contributed by atoms with van der Waals surface area (Å²) in [6.45, 7) is 4.20. The number of phenolic OH excluding ortho intramolecular Hbond substituents is 3. The Morgan fingerprint density at radius 1 is 0.574 bits per heavy atom. The van der Waals surface area contributed by atoms with Gasteiger partial charge in [-0.05, 0) is 120 Å². The molecule has 0 fully saturated rings. The zero-order valence-corrected chi connectivity index (χ0v) is 33.0. The largest absolute Gasteiger partial charge is 0.508 e. The average molecular weight is 805 g/mol. The number of aromatic hydroxyl groups is 3. The Morgan fingerprint density at radius 3 is 1.51 bits per heavy atom. The first-order valence-electron chi connectivity index (χ1n) is 20.0. The normalized spacial score (nSPS) is 16.5. The summed E-state index contributed by atoms with van der Waals surface area (Å²) in [5.74, 6) is 0.744. The Balaban J connectivity index is 1.19. The van der Waals surface area contributed by atoms with Crippen LogP contribution in [-0.2, 0) is 9.53 Å². The highest BCUT2D eigenvalue weighted by Crippen LogP contribution is 2.40. The third kappa shape index (κ3) is 8.07. The third-order valence-corrected chi connectivity index (χ3v) is 10.7. The fraction of sp³-hybridized carbons (Fsp3) is 0.0980. The topological polar surface area (TPSA) is 145 Å². The summed E-state index contributed by atoms with van der Waals surface area (Å²) in [6, 6.07) is 29.1. The van der Waals surface area contributed by atoms with Gasteiger partial charge in [-0.1, -0.05) is 61.2 Å². The lowest BCUT2D eigenvalue weighted by molar-refractivity contribution is -0.137. The highest BCUT2D eigenvalue weighted by Gasteiger charge is 2.28. The van der Waals surface area contributed by atoms with E-state index in [9.17, 15) is 20.1 Å². The molecular weight excluding hydrogens is 765 g/mol. The van der Waals surface area contributed by atoms with Crippen molar-refractivity contribution in [2.24, 2.45) is 15.0 Å². The van der Waals surface area contributed by atoms with Crippen molar-refractivity contribution in [1.82, 2.24) is 5.32 Å².